The third-order valence-electron chi connectivity index (χ3n) is 12.6. The molecule has 0 unspecified atom stereocenters. The van der Waals surface area contributed by atoms with Gasteiger partial charge in [0.2, 0.25) is 0 Å². The summed E-state index contributed by atoms with van der Waals surface area (Å²) >= 11 is 7.06. The van der Waals surface area contributed by atoms with Gasteiger partial charge >= 0.3 is 7.12 Å². The van der Waals surface area contributed by atoms with E-state index in [1.54, 1.807) is 17.4 Å². The summed E-state index contributed by atoms with van der Waals surface area (Å²) in [6.07, 6.45) is 0. The van der Waals surface area contributed by atoms with E-state index < -0.39 is 7.12 Å². The molecule has 12 rings (SSSR count). The Bertz CT molecular complexity index is 3280. The van der Waals surface area contributed by atoms with Gasteiger partial charge in [-0.1, -0.05) is 183 Å². The van der Waals surface area contributed by atoms with Crippen molar-refractivity contribution in [3.8, 4) is 33.4 Å². The summed E-state index contributed by atoms with van der Waals surface area (Å²) in [4.78, 5) is 0. The number of benzene rings is 8. The van der Waals surface area contributed by atoms with Gasteiger partial charge in [0.1, 0.15) is 0 Å². The Labute approximate surface area is 367 Å². The van der Waals surface area contributed by atoms with E-state index in [2.05, 4.69) is 177 Å². The quantitative estimate of drug-likeness (QED) is 0.170. The van der Waals surface area contributed by atoms with Crippen LogP contribution >= 0.6 is 38.6 Å². The highest BCUT2D eigenvalue weighted by Crippen LogP contribution is 2.51. The molecule has 0 bridgehead atoms. The maximum absolute atomic E-state index is 9.31. The molecule has 2 aliphatic carbocycles. The second kappa shape index (κ2) is 15.0. The molecule has 0 fully saturated rings. The van der Waals surface area contributed by atoms with E-state index in [1.807, 2.05) is 41.7 Å². The highest BCUT2D eigenvalue weighted by Gasteiger charge is 2.36. The molecule has 6 heteroatoms. The third kappa shape index (κ3) is 6.36. The first kappa shape index (κ1) is 38.8. The lowest BCUT2D eigenvalue weighted by atomic mass is 9.80. The van der Waals surface area contributed by atoms with Crippen LogP contribution in [0.4, 0.5) is 0 Å². The van der Waals surface area contributed by atoms with Crippen LogP contribution in [0, 0.1) is 0 Å². The summed E-state index contributed by atoms with van der Waals surface area (Å²) in [5.74, 6) is 0. The smallest absolute Gasteiger partial charge is 0.423 e. The first-order valence-electron chi connectivity index (χ1n) is 20.3. The van der Waals surface area contributed by atoms with E-state index in [1.165, 1.54) is 85.9 Å². The highest BCUT2D eigenvalue weighted by molar-refractivity contribution is 9.10. The van der Waals surface area contributed by atoms with Crippen molar-refractivity contribution in [2.45, 2.75) is 38.5 Å². The third-order valence-corrected chi connectivity index (χ3v) is 15.5. The summed E-state index contributed by atoms with van der Waals surface area (Å²) in [5, 5.41) is 23.6. The first-order valence-corrected chi connectivity index (χ1v) is 22.8. The van der Waals surface area contributed by atoms with Gasteiger partial charge in [-0.2, -0.15) is 0 Å². The zero-order valence-corrected chi connectivity index (χ0v) is 37.1. The van der Waals surface area contributed by atoms with Gasteiger partial charge in [0.25, 0.3) is 0 Å². The van der Waals surface area contributed by atoms with Crippen LogP contribution in [-0.4, -0.2) is 17.2 Å². The Hall–Kier alpha value is -5.34. The molecule has 2 nitrogen and oxygen atoms in total. The van der Waals surface area contributed by atoms with Crippen LogP contribution in [0.25, 0.3) is 73.7 Å². The molecule has 2 N–H and O–H groups in total. The maximum Gasteiger partial charge on any atom is 0.489 e. The Balaban J connectivity index is 0.000000116. The molecule has 0 saturated carbocycles. The SMILES string of the molecule is CC1(C)c2ccccc2-c2ccc(-c3cccc4c3sc3ccccc34)cc21.CC1(C)c2ccccc2-c2ccc(Br)cc21.OB(O)c1cccc2c1sc1ccccc12. The van der Waals surface area contributed by atoms with Crippen molar-refractivity contribution < 1.29 is 10.0 Å². The zero-order valence-electron chi connectivity index (χ0n) is 33.8. The van der Waals surface area contributed by atoms with Crippen molar-refractivity contribution >= 4 is 91.5 Å². The minimum Gasteiger partial charge on any atom is -0.423 e. The van der Waals surface area contributed by atoms with Gasteiger partial charge in [0, 0.05) is 50.3 Å². The Morgan fingerprint density at radius 2 is 0.867 bits per heavy atom. The minimum absolute atomic E-state index is 0.0377. The van der Waals surface area contributed by atoms with E-state index in [-0.39, 0.29) is 10.8 Å². The predicted octanol–water partition coefficient (Wildman–Crippen LogP) is 14.5. The molecule has 0 radical (unpaired) electrons. The lowest BCUT2D eigenvalue weighted by molar-refractivity contribution is 0.426. The van der Waals surface area contributed by atoms with E-state index >= 15 is 0 Å². The summed E-state index contributed by atoms with van der Waals surface area (Å²) in [6.45, 7) is 9.29. The molecule has 60 heavy (non-hydrogen) atoms. The summed E-state index contributed by atoms with van der Waals surface area (Å²) < 4.78 is 6.03. The Kier molecular flexibility index (Phi) is 9.70. The van der Waals surface area contributed by atoms with E-state index in [4.69, 9.17) is 0 Å². The number of fused-ring (bicyclic) bond motifs is 12. The maximum atomic E-state index is 9.31. The molecular weight excluding hydrogens is 835 g/mol. The monoisotopic (exact) mass is 876 g/mol. The normalized spacial score (nSPS) is 13.8. The van der Waals surface area contributed by atoms with Gasteiger partial charge in [-0.15, -0.1) is 22.7 Å². The lowest BCUT2D eigenvalue weighted by Crippen LogP contribution is -2.29. The second-order valence-electron chi connectivity index (χ2n) is 16.8. The molecule has 0 amide bonds. The van der Waals surface area contributed by atoms with Crippen molar-refractivity contribution in [2.24, 2.45) is 0 Å². The van der Waals surface area contributed by atoms with E-state index in [0.29, 0.717) is 5.46 Å². The fraction of sp³-hybridized carbons (Fsp3) is 0.111. The average molecular weight is 878 g/mol. The minimum atomic E-state index is -1.41. The topological polar surface area (TPSA) is 40.5 Å². The largest absolute Gasteiger partial charge is 0.489 e. The molecule has 0 atom stereocenters. The van der Waals surface area contributed by atoms with E-state index in [0.717, 1.165) is 14.6 Å². The van der Waals surface area contributed by atoms with Crippen molar-refractivity contribution in [3.63, 3.8) is 0 Å². The number of thiophene rings is 2. The van der Waals surface area contributed by atoms with Crippen LogP contribution in [-0.2, 0) is 10.8 Å². The van der Waals surface area contributed by atoms with Crippen LogP contribution in [0.1, 0.15) is 49.9 Å². The number of hydrogen-bond donors (Lipinski definition) is 2. The number of halogens is 1. The number of hydrogen-bond acceptors (Lipinski definition) is 4. The van der Waals surface area contributed by atoms with Crippen LogP contribution in [0.2, 0.25) is 0 Å². The molecule has 2 aromatic heterocycles. The van der Waals surface area contributed by atoms with Gasteiger partial charge in [-0.3, -0.25) is 0 Å². The van der Waals surface area contributed by atoms with Crippen LogP contribution in [0.5, 0.6) is 0 Å². The first-order chi connectivity index (χ1) is 29.0. The fourth-order valence-electron chi connectivity index (χ4n) is 9.50. The van der Waals surface area contributed by atoms with Crippen molar-refractivity contribution in [3.05, 3.63) is 197 Å². The van der Waals surface area contributed by atoms with Gasteiger partial charge in [0.05, 0.1) is 0 Å². The van der Waals surface area contributed by atoms with E-state index in [9.17, 15) is 10.0 Å². The van der Waals surface area contributed by atoms with Crippen LogP contribution < -0.4 is 5.46 Å². The average Bonchev–Trinajstić information content (AvgIpc) is 3.97. The summed E-state index contributed by atoms with van der Waals surface area (Å²) in [7, 11) is -1.41. The van der Waals surface area contributed by atoms with Crippen molar-refractivity contribution in [2.75, 3.05) is 0 Å². The van der Waals surface area contributed by atoms with Crippen molar-refractivity contribution in [1.29, 1.82) is 0 Å². The molecule has 0 spiro atoms. The molecule has 10 aromatic rings. The van der Waals surface area contributed by atoms with Gasteiger partial charge in [-0.05, 0) is 96.8 Å². The molecule has 2 aliphatic rings. The highest BCUT2D eigenvalue weighted by atomic mass is 79.9. The van der Waals surface area contributed by atoms with Gasteiger partial charge in [0.15, 0.2) is 0 Å². The predicted molar refractivity (Wildman–Crippen MR) is 263 cm³/mol. The van der Waals surface area contributed by atoms with Gasteiger partial charge in [-0.25, -0.2) is 0 Å². The van der Waals surface area contributed by atoms with Gasteiger partial charge < -0.3 is 10.0 Å². The Morgan fingerprint density at radius 3 is 1.48 bits per heavy atom. The van der Waals surface area contributed by atoms with Crippen LogP contribution in [0.15, 0.2) is 174 Å². The molecule has 8 aromatic carbocycles. The molecule has 0 saturated heterocycles. The molecular formula is C54H42BBrO2S2. The number of rotatable bonds is 2. The standard InChI is InChI=1S/C27H20S.C15H13Br.C12H9BO2S/c1-27(2)23-12-5-3-8-19(23)20-15-14-17(16-24(20)27)18-10-7-11-22-21-9-4-6-13-25(21)28-26(18)22;1-15(2)13-6-4-3-5-11(13)12-8-7-10(16)9-14(12)15;14-13(15)10-6-3-5-9-8-4-1-2-7-11(8)16-12(9)10/h3-16H,1-2H3;3-9H,1-2H3;1-7,14-15H. The molecule has 0 aliphatic heterocycles. The van der Waals surface area contributed by atoms with Crippen molar-refractivity contribution in [1.82, 2.24) is 0 Å². The Morgan fingerprint density at radius 1 is 0.417 bits per heavy atom. The second-order valence-corrected chi connectivity index (χ2v) is 19.8. The molecule has 2 heterocycles. The lowest BCUT2D eigenvalue weighted by Gasteiger charge is -2.22. The molecule has 292 valence electrons. The summed E-state index contributed by atoms with van der Waals surface area (Å²) in [6, 6.07) is 60.4. The van der Waals surface area contributed by atoms with Crippen LogP contribution in [0.3, 0.4) is 0 Å². The zero-order chi connectivity index (χ0) is 41.3. The fourth-order valence-corrected chi connectivity index (χ4v) is 12.3. The summed E-state index contributed by atoms with van der Waals surface area (Å²) in [5.41, 5.74) is 14.6.